The first-order valence-corrected chi connectivity index (χ1v) is 9.06. The second-order valence-electron chi connectivity index (χ2n) is 5.74. The summed E-state index contributed by atoms with van der Waals surface area (Å²) in [5.41, 5.74) is 6.11. The van der Waals surface area contributed by atoms with Crippen LogP contribution >= 0.6 is 0 Å². The van der Waals surface area contributed by atoms with Gasteiger partial charge in [0.2, 0.25) is 5.91 Å². The summed E-state index contributed by atoms with van der Waals surface area (Å²) in [6.07, 6.45) is 5.60. The molecule has 110 valence electrons. The van der Waals surface area contributed by atoms with Gasteiger partial charge in [-0.2, -0.15) is 0 Å². The Morgan fingerprint density at radius 3 is 2.53 bits per heavy atom. The maximum Gasteiger partial charge on any atom is 0.227 e. The molecule has 1 aliphatic carbocycles. The number of rotatable bonds is 1. The summed E-state index contributed by atoms with van der Waals surface area (Å²) in [4.78, 5) is 14.3. The van der Waals surface area contributed by atoms with Gasteiger partial charge in [0.1, 0.15) is 0 Å². The molecule has 0 aromatic carbocycles. The highest BCUT2D eigenvalue weighted by molar-refractivity contribution is 7.91. The second kappa shape index (κ2) is 6.22. The molecule has 0 bridgehead atoms. The second-order valence-corrected chi connectivity index (χ2v) is 8.04. The van der Waals surface area contributed by atoms with Crippen LogP contribution in [0.15, 0.2) is 0 Å². The third-order valence-corrected chi connectivity index (χ3v) is 5.97. The zero-order valence-electron chi connectivity index (χ0n) is 11.4. The monoisotopic (exact) mass is 288 g/mol. The van der Waals surface area contributed by atoms with Crippen LogP contribution in [0.5, 0.6) is 0 Å². The molecular weight excluding hydrogens is 264 g/mol. The Labute approximate surface area is 115 Å². The van der Waals surface area contributed by atoms with Crippen molar-refractivity contribution in [3.05, 3.63) is 0 Å². The van der Waals surface area contributed by atoms with E-state index in [0.29, 0.717) is 19.5 Å². The highest BCUT2D eigenvalue weighted by Crippen LogP contribution is 2.24. The fourth-order valence-corrected chi connectivity index (χ4v) is 4.31. The molecule has 2 N–H and O–H groups in total. The molecule has 19 heavy (non-hydrogen) atoms. The fraction of sp³-hybridized carbons (Fsp3) is 0.923. The Bertz CT molecular complexity index is 422. The van der Waals surface area contributed by atoms with Crippen LogP contribution in [0.2, 0.25) is 0 Å². The minimum atomic E-state index is -2.96. The Morgan fingerprint density at radius 2 is 1.74 bits per heavy atom. The molecule has 5 nitrogen and oxygen atoms in total. The highest BCUT2D eigenvalue weighted by Gasteiger charge is 2.32. The molecule has 1 amide bonds. The molecule has 0 spiro atoms. The lowest BCUT2D eigenvalue weighted by atomic mass is 9.94. The first-order chi connectivity index (χ1) is 8.99. The van der Waals surface area contributed by atoms with Crippen molar-refractivity contribution in [1.29, 1.82) is 0 Å². The van der Waals surface area contributed by atoms with E-state index >= 15 is 0 Å². The molecule has 2 fully saturated rings. The van der Waals surface area contributed by atoms with Crippen molar-refractivity contribution >= 4 is 15.7 Å². The van der Waals surface area contributed by atoms with Gasteiger partial charge in [-0.05, 0) is 19.3 Å². The lowest BCUT2D eigenvalue weighted by Gasteiger charge is -2.28. The standard InChI is InChI=1S/C13H24N2O3S/c14-12-6-3-1-2-5-11(12)13(16)15-7-4-9-19(17,18)10-8-15/h11-12H,1-10,14H2. The molecule has 1 saturated heterocycles. The van der Waals surface area contributed by atoms with Gasteiger partial charge in [-0.15, -0.1) is 0 Å². The van der Waals surface area contributed by atoms with E-state index in [4.69, 9.17) is 5.73 Å². The average Bonchev–Trinajstić information content (AvgIpc) is 2.66. The summed E-state index contributed by atoms with van der Waals surface area (Å²) in [5, 5.41) is 0. The summed E-state index contributed by atoms with van der Waals surface area (Å²) in [5.74, 6) is 0.267. The maximum atomic E-state index is 12.5. The quantitative estimate of drug-likeness (QED) is 0.714. The zero-order valence-corrected chi connectivity index (χ0v) is 12.2. The van der Waals surface area contributed by atoms with E-state index in [-0.39, 0.29) is 29.4 Å². The molecule has 2 atom stereocenters. The summed E-state index contributed by atoms with van der Waals surface area (Å²) >= 11 is 0. The van der Waals surface area contributed by atoms with E-state index in [1.807, 2.05) is 0 Å². The largest absolute Gasteiger partial charge is 0.341 e. The summed E-state index contributed by atoms with van der Waals surface area (Å²) in [6.45, 7) is 0.895. The predicted octanol–water partition coefficient (Wildman–Crippen LogP) is 0.541. The lowest BCUT2D eigenvalue weighted by Crippen LogP contribution is -2.44. The molecular formula is C13H24N2O3S. The Hall–Kier alpha value is -0.620. The van der Waals surface area contributed by atoms with Crippen molar-refractivity contribution in [3.8, 4) is 0 Å². The molecule has 0 aromatic rings. The molecule has 0 aromatic heterocycles. The van der Waals surface area contributed by atoms with Gasteiger partial charge < -0.3 is 10.6 Å². The third kappa shape index (κ3) is 3.92. The van der Waals surface area contributed by atoms with Gasteiger partial charge in [-0.1, -0.05) is 19.3 Å². The normalized spacial score (nSPS) is 32.4. The molecule has 1 aliphatic heterocycles. The van der Waals surface area contributed by atoms with Crippen molar-refractivity contribution in [1.82, 2.24) is 4.90 Å². The topological polar surface area (TPSA) is 80.5 Å². The summed E-state index contributed by atoms with van der Waals surface area (Å²) < 4.78 is 23.1. The van der Waals surface area contributed by atoms with Gasteiger partial charge in [0.05, 0.1) is 17.4 Å². The van der Waals surface area contributed by atoms with Crippen LogP contribution in [0.4, 0.5) is 0 Å². The highest BCUT2D eigenvalue weighted by atomic mass is 32.2. The van der Waals surface area contributed by atoms with Gasteiger partial charge in [-0.3, -0.25) is 4.79 Å². The van der Waals surface area contributed by atoms with Crippen LogP contribution in [0.3, 0.4) is 0 Å². The number of amides is 1. The number of sulfone groups is 1. The van der Waals surface area contributed by atoms with Crippen LogP contribution in [0.25, 0.3) is 0 Å². The SMILES string of the molecule is NC1CCCCCC1C(=O)N1CCCS(=O)(=O)CC1. The first kappa shape index (κ1) is 14.8. The van der Waals surface area contributed by atoms with Crippen LogP contribution in [0, 0.1) is 5.92 Å². The van der Waals surface area contributed by atoms with Crippen LogP contribution in [0.1, 0.15) is 38.5 Å². The molecule has 6 heteroatoms. The first-order valence-electron chi connectivity index (χ1n) is 7.24. The van der Waals surface area contributed by atoms with Crippen LogP contribution in [-0.2, 0) is 14.6 Å². The minimum absolute atomic E-state index is 0.0603. The summed E-state index contributed by atoms with van der Waals surface area (Å²) in [7, 11) is -2.96. The number of hydrogen-bond acceptors (Lipinski definition) is 4. The Balaban J connectivity index is 2.01. The van der Waals surface area contributed by atoms with Gasteiger partial charge in [0.25, 0.3) is 0 Å². The fourth-order valence-electron chi connectivity index (χ4n) is 3.04. The Kier molecular flexibility index (Phi) is 4.84. The number of nitrogens with two attached hydrogens (primary N) is 1. The lowest BCUT2D eigenvalue weighted by molar-refractivity contribution is -0.136. The van der Waals surface area contributed by atoms with Crippen molar-refractivity contribution in [2.45, 2.75) is 44.6 Å². The van der Waals surface area contributed by atoms with Crippen LogP contribution in [-0.4, -0.2) is 49.9 Å². The molecule has 1 saturated carbocycles. The maximum absolute atomic E-state index is 12.5. The van der Waals surface area contributed by atoms with Crippen molar-refractivity contribution in [2.24, 2.45) is 11.7 Å². The van der Waals surface area contributed by atoms with Crippen molar-refractivity contribution in [2.75, 3.05) is 24.6 Å². The van der Waals surface area contributed by atoms with Crippen molar-refractivity contribution in [3.63, 3.8) is 0 Å². The van der Waals surface area contributed by atoms with Crippen molar-refractivity contribution < 1.29 is 13.2 Å². The predicted molar refractivity (Wildman–Crippen MR) is 74.4 cm³/mol. The number of nitrogens with zero attached hydrogens (tertiary/aromatic N) is 1. The van der Waals surface area contributed by atoms with Gasteiger partial charge in [0, 0.05) is 19.1 Å². The molecule has 0 radical (unpaired) electrons. The van der Waals surface area contributed by atoms with E-state index in [1.165, 1.54) is 0 Å². The van der Waals surface area contributed by atoms with E-state index in [0.717, 1.165) is 32.1 Å². The zero-order chi connectivity index (χ0) is 13.9. The Morgan fingerprint density at radius 1 is 1.00 bits per heavy atom. The molecule has 2 rings (SSSR count). The number of hydrogen-bond donors (Lipinski definition) is 1. The molecule has 1 heterocycles. The van der Waals surface area contributed by atoms with Gasteiger partial charge >= 0.3 is 0 Å². The van der Waals surface area contributed by atoms with E-state index < -0.39 is 9.84 Å². The third-order valence-electron chi connectivity index (χ3n) is 4.25. The minimum Gasteiger partial charge on any atom is -0.341 e. The number of carbonyl (C=O) groups is 1. The smallest absolute Gasteiger partial charge is 0.227 e. The number of carbonyl (C=O) groups excluding carboxylic acids is 1. The van der Waals surface area contributed by atoms with E-state index in [1.54, 1.807) is 4.90 Å². The van der Waals surface area contributed by atoms with E-state index in [9.17, 15) is 13.2 Å². The van der Waals surface area contributed by atoms with Crippen LogP contribution < -0.4 is 5.73 Å². The molecule has 2 aliphatic rings. The summed E-state index contributed by atoms with van der Waals surface area (Å²) in [6, 6.07) is -0.0603. The van der Waals surface area contributed by atoms with Gasteiger partial charge in [-0.25, -0.2) is 8.42 Å². The van der Waals surface area contributed by atoms with Gasteiger partial charge in [0.15, 0.2) is 9.84 Å². The molecule has 2 unspecified atom stereocenters. The van der Waals surface area contributed by atoms with E-state index in [2.05, 4.69) is 0 Å². The average molecular weight is 288 g/mol.